The number of nitrogens with one attached hydrogen (secondary N) is 1. The van der Waals surface area contributed by atoms with Gasteiger partial charge in [-0.1, -0.05) is 18.2 Å². The van der Waals surface area contributed by atoms with Crippen molar-refractivity contribution < 1.29 is 4.79 Å². The lowest BCUT2D eigenvalue weighted by Crippen LogP contribution is -2.08. The molecule has 3 nitrogen and oxygen atoms in total. The lowest BCUT2D eigenvalue weighted by molar-refractivity contribution is -0.111. The van der Waals surface area contributed by atoms with Crippen molar-refractivity contribution in [3.8, 4) is 0 Å². The summed E-state index contributed by atoms with van der Waals surface area (Å²) < 4.78 is 1.04. The van der Waals surface area contributed by atoms with E-state index in [-0.39, 0.29) is 5.91 Å². The first-order valence-electron chi connectivity index (χ1n) is 6.30. The second-order valence-electron chi connectivity index (χ2n) is 4.35. The monoisotopic (exact) mass is 358 g/mol. The quantitative estimate of drug-likeness (QED) is 0.688. The maximum Gasteiger partial charge on any atom is 0.248 e. The van der Waals surface area contributed by atoms with E-state index in [4.69, 9.17) is 0 Å². The van der Waals surface area contributed by atoms with Crippen molar-refractivity contribution in [2.45, 2.75) is 0 Å². The molecule has 0 atom stereocenters. The summed E-state index contributed by atoms with van der Waals surface area (Å²) in [5.74, 6) is -0.169. The molecule has 0 unspecified atom stereocenters. The number of aromatic nitrogens is 1. The SMILES string of the molecule is O=C(C=Cc1ccc(Br)s1)Nc1cccc2cccnc12. The molecule has 5 heteroatoms. The molecule has 0 saturated heterocycles. The predicted molar refractivity (Wildman–Crippen MR) is 91.4 cm³/mol. The Balaban J connectivity index is 1.79. The minimum absolute atomic E-state index is 0.169. The Bertz CT molecular complexity index is 821. The molecule has 0 spiro atoms. The van der Waals surface area contributed by atoms with Crippen LogP contribution in [0.4, 0.5) is 5.69 Å². The standard InChI is InChI=1S/C16H11BrN2OS/c17-14-8-6-12(21-14)7-9-15(20)19-13-5-1-3-11-4-2-10-18-16(11)13/h1-10H,(H,19,20). The fraction of sp³-hybridized carbons (Fsp3) is 0. The molecule has 0 saturated carbocycles. The molecular formula is C16H11BrN2OS. The van der Waals surface area contributed by atoms with Gasteiger partial charge in [-0.15, -0.1) is 11.3 Å². The smallest absolute Gasteiger partial charge is 0.248 e. The van der Waals surface area contributed by atoms with Crippen LogP contribution in [0.5, 0.6) is 0 Å². The van der Waals surface area contributed by atoms with E-state index < -0.39 is 0 Å². The molecule has 0 fully saturated rings. The lowest BCUT2D eigenvalue weighted by Gasteiger charge is -2.05. The Hall–Kier alpha value is -1.98. The van der Waals surface area contributed by atoms with E-state index in [0.29, 0.717) is 0 Å². The zero-order valence-corrected chi connectivity index (χ0v) is 13.3. The molecule has 0 aliphatic heterocycles. The minimum Gasteiger partial charge on any atom is -0.321 e. The summed E-state index contributed by atoms with van der Waals surface area (Å²) in [5, 5.41) is 3.87. The first-order valence-corrected chi connectivity index (χ1v) is 7.91. The van der Waals surface area contributed by atoms with Gasteiger partial charge in [0.1, 0.15) is 0 Å². The molecule has 1 amide bonds. The third-order valence-corrected chi connectivity index (χ3v) is 4.47. The average molecular weight is 359 g/mol. The highest BCUT2D eigenvalue weighted by Gasteiger charge is 2.04. The largest absolute Gasteiger partial charge is 0.321 e. The molecule has 1 aromatic carbocycles. The molecule has 0 bridgehead atoms. The van der Waals surface area contributed by atoms with Gasteiger partial charge in [-0.2, -0.15) is 0 Å². The summed E-state index contributed by atoms with van der Waals surface area (Å²) in [6.45, 7) is 0. The molecule has 0 radical (unpaired) electrons. The second kappa shape index (κ2) is 6.20. The lowest BCUT2D eigenvalue weighted by atomic mass is 10.2. The van der Waals surface area contributed by atoms with E-state index >= 15 is 0 Å². The fourth-order valence-corrected chi connectivity index (χ4v) is 3.28. The summed E-state index contributed by atoms with van der Waals surface area (Å²) in [4.78, 5) is 17.3. The van der Waals surface area contributed by atoms with Crippen molar-refractivity contribution in [3.05, 3.63) is 63.4 Å². The van der Waals surface area contributed by atoms with Gasteiger partial charge in [-0.25, -0.2) is 0 Å². The zero-order chi connectivity index (χ0) is 14.7. The number of carbonyl (C=O) groups excluding carboxylic acids is 1. The van der Waals surface area contributed by atoms with Crippen LogP contribution in [0.3, 0.4) is 0 Å². The highest BCUT2D eigenvalue weighted by molar-refractivity contribution is 9.11. The number of nitrogens with zero attached hydrogens (tertiary/aromatic N) is 1. The van der Waals surface area contributed by atoms with Crippen LogP contribution in [-0.2, 0) is 4.79 Å². The molecule has 104 valence electrons. The van der Waals surface area contributed by atoms with E-state index in [9.17, 15) is 4.79 Å². The second-order valence-corrected chi connectivity index (χ2v) is 6.84. The summed E-state index contributed by atoms with van der Waals surface area (Å²) in [7, 11) is 0. The van der Waals surface area contributed by atoms with Crippen LogP contribution >= 0.6 is 27.3 Å². The van der Waals surface area contributed by atoms with Crippen LogP contribution in [-0.4, -0.2) is 10.9 Å². The highest BCUT2D eigenvalue weighted by Crippen LogP contribution is 2.23. The van der Waals surface area contributed by atoms with Crippen LogP contribution in [0.15, 0.2) is 58.5 Å². The molecule has 1 N–H and O–H groups in total. The fourth-order valence-electron chi connectivity index (χ4n) is 1.96. The van der Waals surface area contributed by atoms with Crippen LogP contribution in [0, 0.1) is 0 Å². The van der Waals surface area contributed by atoms with Crippen molar-refractivity contribution in [3.63, 3.8) is 0 Å². The first-order chi connectivity index (χ1) is 10.2. The zero-order valence-electron chi connectivity index (χ0n) is 10.9. The van der Waals surface area contributed by atoms with Crippen LogP contribution in [0.1, 0.15) is 4.88 Å². The molecule has 21 heavy (non-hydrogen) atoms. The molecule has 3 rings (SSSR count). The van der Waals surface area contributed by atoms with Gasteiger partial charge >= 0.3 is 0 Å². The maximum atomic E-state index is 12.0. The van der Waals surface area contributed by atoms with Crippen LogP contribution < -0.4 is 5.32 Å². The molecule has 2 aromatic heterocycles. The molecule has 0 aliphatic carbocycles. The first kappa shape index (κ1) is 14.0. The number of benzene rings is 1. The normalized spacial score (nSPS) is 11.1. The third-order valence-electron chi connectivity index (χ3n) is 2.88. The number of carbonyl (C=O) groups is 1. The summed E-state index contributed by atoms with van der Waals surface area (Å²) >= 11 is 4.97. The van der Waals surface area contributed by atoms with Gasteiger partial charge in [-0.05, 0) is 46.3 Å². The predicted octanol–water partition coefficient (Wildman–Crippen LogP) is 4.71. The van der Waals surface area contributed by atoms with Gasteiger partial charge in [0.15, 0.2) is 0 Å². The van der Waals surface area contributed by atoms with Crippen molar-refractivity contribution in [2.75, 3.05) is 5.32 Å². The average Bonchev–Trinajstić information content (AvgIpc) is 2.91. The molecule has 2 heterocycles. The van der Waals surface area contributed by atoms with Gasteiger partial charge in [0.05, 0.1) is 15.0 Å². The van der Waals surface area contributed by atoms with Crippen molar-refractivity contribution in [2.24, 2.45) is 0 Å². The number of halogens is 1. The number of fused-ring (bicyclic) bond motifs is 1. The van der Waals surface area contributed by atoms with Gasteiger partial charge in [-0.3, -0.25) is 9.78 Å². The van der Waals surface area contributed by atoms with Crippen LogP contribution in [0.25, 0.3) is 17.0 Å². The Labute approximate surface area is 134 Å². The number of hydrogen-bond acceptors (Lipinski definition) is 3. The number of rotatable bonds is 3. The number of pyridine rings is 1. The van der Waals surface area contributed by atoms with Gasteiger partial charge < -0.3 is 5.32 Å². The van der Waals surface area contributed by atoms with E-state index in [1.54, 1.807) is 23.6 Å². The molecule has 3 aromatic rings. The van der Waals surface area contributed by atoms with E-state index in [1.165, 1.54) is 6.08 Å². The van der Waals surface area contributed by atoms with Gasteiger partial charge in [0.25, 0.3) is 0 Å². The van der Waals surface area contributed by atoms with Gasteiger partial charge in [0.2, 0.25) is 5.91 Å². The topological polar surface area (TPSA) is 42.0 Å². The maximum absolute atomic E-state index is 12.0. The summed E-state index contributed by atoms with van der Waals surface area (Å²) in [6, 6.07) is 13.5. The van der Waals surface area contributed by atoms with E-state index in [2.05, 4.69) is 26.2 Å². The number of amides is 1. The number of hydrogen-bond donors (Lipinski definition) is 1. The Morgan fingerprint density at radius 3 is 2.86 bits per heavy atom. The van der Waals surface area contributed by atoms with Crippen molar-refractivity contribution >= 4 is 55.8 Å². The van der Waals surface area contributed by atoms with E-state index in [1.807, 2.05) is 42.5 Å². The molecule has 0 aliphatic rings. The minimum atomic E-state index is -0.169. The van der Waals surface area contributed by atoms with Crippen molar-refractivity contribution in [1.29, 1.82) is 0 Å². The summed E-state index contributed by atoms with van der Waals surface area (Å²) in [5.41, 5.74) is 1.51. The van der Waals surface area contributed by atoms with Gasteiger partial charge in [0, 0.05) is 22.5 Å². The Kier molecular flexibility index (Phi) is 4.13. The summed E-state index contributed by atoms with van der Waals surface area (Å²) in [6.07, 6.45) is 5.04. The highest BCUT2D eigenvalue weighted by atomic mass is 79.9. The number of thiophene rings is 1. The van der Waals surface area contributed by atoms with Crippen molar-refractivity contribution in [1.82, 2.24) is 4.98 Å². The van der Waals surface area contributed by atoms with E-state index in [0.717, 1.165) is 25.3 Å². The number of para-hydroxylation sites is 1. The van der Waals surface area contributed by atoms with Crippen LogP contribution in [0.2, 0.25) is 0 Å². The number of anilines is 1. The Morgan fingerprint density at radius 1 is 1.19 bits per heavy atom. The third kappa shape index (κ3) is 3.37. The Morgan fingerprint density at radius 2 is 2.05 bits per heavy atom. The molecular weight excluding hydrogens is 348 g/mol.